The number of rotatable bonds is 5. The van der Waals surface area contributed by atoms with Crippen LogP contribution in [-0.4, -0.2) is 27.6 Å². The molecule has 3 rings (SSSR count). The number of nitrogens with zero attached hydrogens (tertiary/aromatic N) is 3. The summed E-state index contributed by atoms with van der Waals surface area (Å²) in [5.41, 5.74) is 2.28. The molecule has 0 spiro atoms. The van der Waals surface area contributed by atoms with Crippen molar-refractivity contribution in [2.45, 2.75) is 6.54 Å². The maximum Gasteiger partial charge on any atom is 0.265 e. The minimum Gasteiger partial charge on any atom is -0.497 e. The molecule has 2 heterocycles. The molecule has 116 valence electrons. The molecule has 3 aromatic rings. The third kappa shape index (κ3) is 3.51. The van der Waals surface area contributed by atoms with Gasteiger partial charge in [-0.2, -0.15) is 0 Å². The van der Waals surface area contributed by atoms with Crippen LogP contribution in [-0.2, 0) is 6.54 Å². The van der Waals surface area contributed by atoms with Gasteiger partial charge in [0.25, 0.3) is 5.91 Å². The van der Waals surface area contributed by atoms with E-state index in [4.69, 9.17) is 4.74 Å². The van der Waals surface area contributed by atoms with E-state index in [1.807, 2.05) is 36.4 Å². The number of aromatic nitrogens is 3. The number of pyridine rings is 1. The zero-order valence-electron chi connectivity index (χ0n) is 12.4. The molecule has 0 radical (unpaired) electrons. The number of carbonyl (C=O) groups excluding carboxylic acids is 1. The number of carbonyl (C=O) groups is 1. The molecular formula is C16H14N4O2S. The Kier molecular flexibility index (Phi) is 4.58. The fourth-order valence-corrected chi connectivity index (χ4v) is 2.67. The lowest BCUT2D eigenvalue weighted by molar-refractivity contribution is 0.0955. The highest BCUT2D eigenvalue weighted by Crippen LogP contribution is 2.26. The first-order valence-corrected chi connectivity index (χ1v) is 7.69. The fraction of sp³-hybridized carbons (Fsp3) is 0.125. The van der Waals surface area contributed by atoms with Crippen molar-refractivity contribution < 1.29 is 9.53 Å². The van der Waals surface area contributed by atoms with Gasteiger partial charge in [0, 0.05) is 24.5 Å². The van der Waals surface area contributed by atoms with Crippen LogP contribution < -0.4 is 10.1 Å². The number of hydrogen-bond acceptors (Lipinski definition) is 6. The van der Waals surface area contributed by atoms with Crippen LogP contribution >= 0.6 is 11.5 Å². The van der Waals surface area contributed by atoms with Crippen LogP contribution in [0.5, 0.6) is 5.75 Å². The van der Waals surface area contributed by atoms with Gasteiger partial charge in [-0.1, -0.05) is 22.7 Å². The Morgan fingerprint density at radius 1 is 1.30 bits per heavy atom. The van der Waals surface area contributed by atoms with Crippen molar-refractivity contribution in [3.8, 4) is 17.0 Å². The SMILES string of the molecule is COc1cccc(-c2nnsc2C(=O)NCc2cccnc2)c1. The monoisotopic (exact) mass is 326 g/mol. The highest BCUT2D eigenvalue weighted by molar-refractivity contribution is 7.08. The fourth-order valence-electron chi connectivity index (χ4n) is 2.06. The smallest absolute Gasteiger partial charge is 0.265 e. The summed E-state index contributed by atoms with van der Waals surface area (Å²) in [6, 6.07) is 11.1. The summed E-state index contributed by atoms with van der Waals surface area (Å²) in [4.78, 5) is 16.9. The Hall–Kier alpha value is -2.80. The summed E-state index contributed by atoms with van der Waals surface area (Å²) in [5.74, 6) is 0.499. The maximum absolute atomic E-state index is 12.4. The first-order chi connectivity index (χ1) is 11.3. The van der Waals surface area contributed by atoms with E-state index >= 15 is 0 Å². The number of hydrogen-bond donors (Lipinski definition) is 1. The average molecular weight is 326 g/mol. The van der Waals surface area contributed by atoms with E-state index in [1.165, 1.54) is 0 Å². The van der Waals surface area contributed by atoms with Gasteiger partial charge >= 0.3 is 0 Å². The van der Waals surface area contributed by atoms with Crippen molar-refractivity contribution in [2.24, 2.45) is 0 Å². The van der Waals surface area contributed by atoms with Crippen molar-refractivity contribution >= 4 is 17.4 Å². The molecule has 0 saturated heterocycles. The lowest BCUT2D eigenvalue weighted by Crippen LogP contribution is -2.22. The molecule has 1 N–H and O–H groups in total. The molecule has 0 saturated carbocycles. The Bertz CT molecular complexity index is 805. The largest absolute Gasteiger partial charge is 0.497 e. The Morgan fingerprint density at radius 2 is 2.22 bits per heavy atom. The second kappa shape index (κ2) is 6.97. The van der Waals surface area contributed by atoms with E-state index in [0.29, 0.717) is 22.9 Å². The van der Waals surface area contributed by atoms with Crippen LogP contribution in [0.3, 0.4) is 0 Å². The molecule has 0 aliphatic carbocycles. The van der Waals surface area contributed by atoms with Gasteiger partial charge in [0.05, 0.1) is 7.11 Å². The van der Waals surface area contributed by atoms with E-state index in [0.717, 1.165) is 22.7 Å². The normalized spacial score (nSPS) is 10.3. The number of amides is 1. The third-order valence-corrected chi connectivity index (χ3v) is 3.94. The van der Waals surface area contributed by atoms with Crippen LogP contribution in [0.1, 0.15) is 15.2 Å². The molecule has 0 fully saturated rings. The van der Waals surface area contributed by atoms with E-state index in [9.17, 15) is 4.79 Å². The number of methoxy groups -OCH3 is 1. The van der Waals surface area contributed by atoms with E-state index in [1.54, 1.807) is 19.5 Å². The predicted molar refractivity (Wildman–Crippen MR) is 87.3 cm³/mol. The highest BCUT2D eigenvalue weighted by Gasteiger charge is 2.18. The van der Waals surface area contributed by atoms with Crippen LogP contribution in [0.15, 0.2) is 48.8 Å². The van der Waals surface area contributed by atoms with Crippen molar-refractivity contribution in [1.29, 1.82) is 0 Å². The van der Waals surface area contributed by atoms with Crippen LogP contribution in [0.25, 0.3) is 11.3 Å². The van der Waals surface area contributed by atoms with Crippen LogP contribution in [0.4, 0.5) is 0 Å². The molecule has 0 bridgehead atoms. The average Bonchev–Trinajstić information content (AvgIpc) is 3.10. The molecule has 2 aromatic heterocycles. The second-order valence-corrected chi connectivity index (χ2v) is 5.48. The molecular weight excluding hydrogens is 312 g/mol. The summed E-state index contributed by atoms with van der Waals surface area (Å²) in [6.45, 7) is 0.405. The van der Waals surface area contributed by atoms with Crippen LogP contribution in [0.2, 0.25) is 0 Å². The Labute approximate surface area is 137 Å². The summed E-state index contributed by atoms with van der Waals surface area (Å²) in [5, 5.41) is 6.94. The summed E-state index contributed by atoms with van der Waals surface area (Å²) >= 11 is 1.07. The molecule has 0 unspecified atom stereocenters. The standard InChI is InChI=1S/C16H14N4O2S/c1-22-13-6-2-5-12(8-13)14-15(23-20-19-14)16(21)18-10-11-4-3-7-17-9-11/h2-9H,10H2,1H3,(H,18,21). The maximum atomic E-state index is 12.4. The van der Waals surface area contributed by atoms with E-state index in [2.05, 4.69) is 19.9 Å². The molecule has 0 aliphatic heterocycles. The van der Waals surface area contributed by atoms with Gasteiger partial charge in [0.15, 0.2) is 0 Å². The Morgan fingerprint density at radius 3 is 3.00 bits per heavy atom. The van der Waals surface area contributed by atoms with Gasteiger partial charge in [-0.3, -0.25) is 9.78 Å². The van der Waals surface area contributed by atoms with Gasteiger partial charge in [-0.15, -0.1) is 5.10 Å². The highest BCUT2D eigenvalue weighted by atomic mass is 32.1. The van der Waals surface area contributed by atoms with Crippen molar-refractivity contribution in [2.75, 3.05) is 7.11 Å². The van der Waals surface area contributed by atoms with Crippen molar-refractivity contribution in [3.63, 3.8) is 0 Å². The van der Waals surface area contributed by atoms with E-state index < -0.39 is 0 Å². The quantitative estimate of drug-likeness (QED) is 0.779. The molecule has 6 nitrogen and oxygen atoms in total. The van der Waals surface area contributed by atoms with Gasteiger partial charge in [-0.25, -0.2) is 0 Å². The predicted octanol–water partition coefficient (Wildman–Crippen LogP) is 2.54. The first-order valence-electron chi connectivity index (χ1n) is 6.92. The van der Waals surface area contributed by atoms with E-state index in [-0.39, 0.29) is 5.91 Å². The van der Waals surface area contributed by atoms with Gasteiger partial charge in [0.2, 0.25) is 0 Å². The van der Waals surface area contributed by atoms with Crippen molar-refractivity contribution in [3.05, 3.63) is 59.2 Å². The number of benzene rings is 1. The number of nitrogens with one attached hydrogen (secondary N) is 1. The second-order valence-electron chi connectivity index (χ2n) is 4.73. The lowest BCUT2D eigenvalue weighted by atomic mass is 10.1. The minimum atomic E-state index is -0.207. The minimum absolute atomic E-state index is 0.207. The Balaban J connectivity index is 1.78. The van der Waals surface area contributed by atoms with Crippen molar-refractivity contribution in [1.82, 2.24) is 19.9 Å². The first kappa shape index (κ1) is 15.1. The number of ether oxygens (including phenoxy) is 1. The molecule has 1 amide bonds. The summed E-state index contributed by atoms with van der Waals surface area (Å²) in [7, 11) is 1.60. The molecule has 23 heavy (non-hydrogen) atoms. The molecule has 0 aliphatic rings. The summed E-state index contributed by atoms with van der Waals surface area (Å²) < 4.78 is 9.11. The lowest BCUT2D eigenvalue weighted by Gasteiger charge is -2.05. The zero-order chi connectivity index (χ0) is 16.1. The molecule has 1 aromatic carbocycles. The zero-order valence-corrected chi connectivity index (χ0v) is 13.2. The topological polar surface area (TPSA) is 77.0 Å². The molecule has 7 heteroatoms. The third-order valence-electron chi connectivity index (χ3n) is 3.21. The summed E-state index contributed by atoms with van der Waals surface area (Å²) in [6.07, 6.45) is 3.41. The molecule has 0 atom stereocenters. The van der Waals surface area contributed by atoms with Crippen LogP contribution in [0, 0.1) is 0 Å². The van der Waals surface area contributed by atoms with Gasteiger partial charge in [0.1, 0.15) is 16.3 Å². The van der Waals surface area contributed by atoms with Gasteiger partial charge in [-0.05, 0) is 35.3 Å². The van der Waals surface area contributed by atoms with Gasteiger partial charge < -0.3 is 10.1 Å².